The van der Waals surface area contributed by atoms with Crippen LogP contribution in [0.25, 0.3) is 0 Å². The molecule has 23 heavy (non-hydrogen) atoms. The molecule has 1 aromatic carbocycles. The maximum Gasteiger partial charge on any atom is 0.422 e. The molecule has 0 aromatic heterocycles. The fourth-order valence-corrected chi connectivity index (χ4v) is 2.12. The second kappa shape index (κ2) is 8.37. The number of carbonyl (C=O) groups is 1. The van der Waals surface area contributed by atoms with Crippen LogP contribution >= 0.6 is 12.4 Å². The summed E-state index contributed by atoms with van der Waals surface area (Å²) in [6.07, 6.45) is -4.88. The highest BCUT2D eigenvalue weighted by Crippen LogP contribution is 2.19. The molecule has 5 nitrogen and oxygen atoms in total. The number of halogens is 4. The lowest BCUT2D eigenvalue weighted by atomic mass is 10.1. The average Bonchev–Trinajstić information content (AvgIpc) is 2.88. The van der Waals surface area contributed by atoms with Gasteiger partial charge in [-0.1, -0.05) is 0 Å². The number of hydrogen-bond acceptors (Lipinski definition) is 4. The monoisotopic (exact) mass is 354 g/mol. The zero-order valence-corrected chi connectivity index (χ0v) is 12.9. The molecule has 9 heteroatoms. The number of nitrogens with one attached hydrogen (secondary N) is 2. The Labute approximate surface area is 137 Å². The van der Waals surface area contributed by atoms with Crippen molar-refractivity contribution in [2.24, 2.45) is 5.92 Å². The zero-order chi connectivity index (χ0) is 16.2. The molecule has 1 aliphatic heterocycles. The summed E-state index contributed by atoms with van der Waals surface area (Å²) < 4.78 is 40.6. The number of rotatable bonds is 5. The van der Waals surface area contributed by atoms with Crippen LogP contribution < -0.4 is 15.4 Å². The van der Waals surface area contributed by atoms with Crippen LogP contribution in [0.15, 0.2) is 24.3 Å². The minimum atomic E-state index is -4.40. The van der Waals surface area contributed by atoms with Gasteiger partial charge in [0.1, 0.15) is 5.75 Å². The predicted octanol–water partition coefficient (Wildman–Crippen LogP) is 1.36. The first-order valence-electron chi connectivity index (χ1n) is 6.82. The number of aliphatic hydroxyl groups is 1. The van der Waals surface area contributed by atoms with Gasteiger partial charge < -0.3 is 20.5 Å². The van der Waals surface area contributed by atoms with Gasteiger partial charge in [0.25, 0.3) is 5.91 Å². The van der Waals surface area contributed by atoms with Crippen LogP contribution in [0.3, 0.4) is 0 Å². The van der Waals surface area contributed by atoms with Crippen molar-refractivity contribution in [1.82, 2.24) is 10.6 Å². The Bertz CT molecular complexity index is 511. The summed E-state index contributed by atoms with van der Waals surface area (Å²) in [5.74, 6) is -0.343. The van der Waals surface area contributed by atoms with Gasteiger partial charge >= 0.3 is 6.18 Å². The van der Waals surface area contributed by atoms with Gasteiger partial charge in [-0.3, -0.25) is 4.79 Å². The Kier molecular flexibility index (Phi) is 7.11. The smallest absolute Gasteiger partial charge is 0.422 e. The third-order valence-corrected chi connectivity index (χ3v) is 3.35. The van der Waals surface area contributed by atoms with Crippen molar-refractivity contribution in [2.75, 3.05) is 26.2 Å². The third kappa shape index (κ3) is 6.25. The van der Waals surface area contributed by atoms with E-state index in [1.54, 1.807) is 0 Å². The molecule has 0 aliphatic carbocycles. The highest BCUT2D eigenvalue weighted by molar-refractivity contribution is 5.94. The van der Waals surface area contributed by atoms with Crippen molar-refractivity contribution in [2.45, 2.75) is 12.3 Å². The van der Waals surface area contributed by atoms with E-state index in [0.717, 1.165) is 0 Å². The van der Waals surface area contributed by atoms with Crippen molar-refractivity contribution in [3.8, 4) is 5.75 Å². The van der Waals surface area contributed by atoms with Crippen LogP contribution in [0.4, 0.5) is 13.2 Å². The van der Waals surface area contributed by atoms with E-state index in [1.165, 1.54) is 24.3 Å². The van der Waals surface area contributed by atoms with E-state index in [1.807, 2.05) is 0 Å². The average molecular weight is 355 g/mol. The minimum Gasteiger partial charge on any atom is -0.484 e. The molecule has 0 bridgehead atoms. The predicted molar refractivity (Wildman–Crippen MR) is 79.9 cm³/mol. The molecule has 2 rings (SSSR count). The van der Waals surface area contributed by atoms with Crippen LogP contribution in [0.5, 0.6) is 5.75 Å². The second-order valence-electron chi connectivity index (χ2n) is 5.12. The Morgan fingerprint density at radius 1 is 1.30 bits per heavy atom. The van der Waals surface area contributed by atoms with Crippen LogP contribution in [0, 0.1) is 5.92 Å². The molecule has 1 aromatic rings. The van der Waals surface area contributed by atoms with E-state index >= 15 is 0 Å². The van der Waals surface area contributed by atoms with Crippen LogP contribution in [0.2, 0.25) is 0 Å². The van der Waals surface area contributed by atoms with E-state index in [4.69, 9.17) is 0 Å². The van der Waals surface area contributed by atoms with Crippen molar-refractivity contribution < 1.29 is 27.8 Å². The van der Waals surface area contributed by atoms with E-state index in [9.17, 15) is 23.1 Å². The van der Waals surface area contributed by atoms with Gasteiger partial charge in [0.05, 0.1) is 6.10 Å². The minimum absolute atomic E-state index is 0. The summed E-state index contributed by atoms with van der Waals surface area (Å²) in [5, 5.41) is 15.3. The summed E-state index contributed by atoms with van der Waals surface area (Å²) in [4.78, 5) is 11.9. The number of carbonyl (C=O) groups excluding carboxylic acids is 1. The standard InChI is InChI=1S/C14H17F3N2O3.ClH/c15-14(16,17)8-22-11-3-1-9(2-4-11)13(21)19-6-10-5-18-7-12(10)20;/h1-4,10,12,18,20H,5-8H2,(H,19,21);1H. The Hall–Kier alpha value is -1.51. The maximum absolute atomic E-state index is 12.0. The molecule has 3 N–H and O–H groups in total. The molecule has 0 saturated carbocycles. The highest BCUT2D eigenvalue weighted by atomic mass is 35.5. The quantitative estimate of drug-likeness (QED) is 0.746. The number of ether oxygens (including phenoxy) is 1. The first kappa shape index (κ1) is 19.5. The number of aliphatic hydroxyl groups excluding tert-OH is 1. The molecule has 2 atom stereocenters. The molecular weight excluding hydrogens is 337 g/mol. The summed E-state index contributed by atoms with van der Waals surface area (Å²) in [6.45, 7) is 0.0991. The summed E-state index contributed by atoms with van der Waals surface area (Å²) in [7, 11) is 0. The molecule has 0 spiro atoms. The van der Waals surface area contributed by atoms with E-state index in [-0.39, 0.29) is 30.0 Å². The van der Waals surface area contributed by atoms with Gasteiger partial charge in [-0.25, -0.2) is 0 Å². The number of alkyl halides is 3. The Morgan fingerprint density at radius 2 is 1.96 bits per heavy atom. The Balaban J connectivity index is 0.00000264. The van der Waals surface area contributed by atoms with Gasteiger partial charge in [0.2, 0.25) is 0 Å². The van der Waals surface area contributed by atoms with Crippen LogP contribution in [-0.2, 0) is 0 Å². The van der Waals surface area contributed by atoms with Gasteiger partial charge in [0, 0.05) is 31.1 Å². The van der Waals surface area contributed by atoms with E-state index in [2.05, 4.69) is 15.4 Å². The third-order valence-electron chi connectivity index (χ3n) is 3.35. The number of β-amino-alcohol motifs (C(OH)–C–C–N with tert-alkyl or cyclic N) is 1. The van der Waals surface area contributed by atoms with Crippen LogP contribution in [-0.4, -0.2) is 49.5 Å². The maximum atomic E-state index is 12.0. The molecular formula is C14H18ClF3N2O3. The van der Waals surface area contributed by atoms with E-state index in [0.29, 0.717) is 25.2 Å². The van der Waals surface area contributed by atoms with E-state index < -0.39 is 18.9 Å². The number of hydrogen-bond donors (Lipinski definition) is 3. The van der Waals surface area contributed by atoms with Gasteiger partial charge in [0.15, 0.2) is 6.61 Å². The highest BCUT2D eigenvalue weighted by Gasteiger charge is 2.28. The molecule has 130 valence electrons. The first-order chi connectivity index (χ1) is 10.3. The molecule has 1 aliphatic rings. The second-order valence-corrected chi connectivity index (χ2v) is 5.12. The van der Waals surface area contributed by atoms with Crippen molar-refractivity contribution in [3.63, 3.8) is 0 Å². The van der Waals surface area contributed by atoms with Crippen molar-refractivity contribution >= 4 is 18.3 Å². The lowest BCUT2D eigenvalue weighted by Gasteiger charge is -2.14. The summed E-state index contributed by atoms with van der Waals surface area (Å²) in [6, 6.07) is 5.41. The number of benzene rings is 1. The fourth-order valence-electron chi connectivity index (χ4n) is 2.12. The van der Waals surface area contributed by atoms with Crippen molar-refractivity contribution in [3.05, 3.63) is 29.8 Å². The number of amides is 1. The molecule has 1 amide bonds. The lowest BCUT2D eigenvalue weighted by molar-refractivity contribution is -0.153. The molecule has 1 heterocycles. The van der Waals surface area contributed by atoms with Gasteiger partial charge in [-0.15, -0.1) is 12.4 Å². The van der Waals surface area contributed by atoms with Gasteiger partial charge in [-0.05, 0) is 24.3 Å². The Morgan fingerprint density at radius 3 is 2.48 bits per heavy atom. The first-order valence-corrected chi connectivity index (χ1v) is 6.82. The molecule has 1 saturated heterocycles. The largest absolute Gasteiger partial charge is 0.484 e. The molecule has 0 radical (unpaired) electrons. The normalized spacial score (nSPS) is 20.7. The SMILES string of the molecule is Cl.O=C(NCC1CNCC1O)c1ccc(OCC(F)(F)F)cc1. The lowest BCUT2D eigenvalue weighted by Crippen LogP contribution is -2.34. The van der Waals surface area contributed by atoms with Gasteiger partial charge in [-0.2, -0.15) is 13.2 Å². The molecule has 1 fully saturated rings. The molecule has 2 unspecified atom stereocenters. The summed E-state index contributed by atoms with van der Waals surface area (Å²) >= 11 is 0. The van der Waals surface area contributed by atoms with Crippen molar-refractivity contribution in [1.29, 1.82) is 0 Å². The fraction of sp³-hybridized carbons (Fsp3) is 0.500. The zero-order valence-electron chi connectivity index (χ0n) is 12.1. The summed E-state index contributed by atoms with van der Waals surface area (Å²) in [5.41, 5.74) is 0.319. The topological polar surface area (TPSA) is 70.6 Å². The van der Waals surface area contributed by atoms with Crippen LogP contribution in [0.1, 0.15) is 10.4 Å².